The minimum atomic E-state index is -3.85. The molecule has 1 unspecified atom stereocenters. The summed E-state index contributed by atoms with van der Waals surface area (Å²) in [6.07, 6.45) is 1.93. The highest BCUT2D eigenvalue weighted by Crippen LogP contribution is 2.31. The number of rotatable bonds is 7. The van der Waals surface area contributed by atoms with E-state index >= 15 is 0 Å². The standard InChI is InChI=1S/C28H31NO5S/c1-20-16-21(2)27(22(3)17-20)35(31,32)29-15-8-7-14-26(29)28(30)33-19-23-10-9-13-25(18-23)34-24-11-5-4-6-12-24/h4-6,9-13,16-18,26H,7-8,14-15,19H2,1-3H3. The number of sulfonamides is 1. The molecule has 3 aromatic rings. The average Bonchev–Trinajstić information content (AvgIpc) is 2.82. The van der Waals surface area contributed by atoms with E-state index in [4.69, 9.17) is 9.47 Å². The van der Waals surface area contributed by atoms with Crippen molar-refractivity contribution in [2.45, 2.75) is 57.6 Å². The van der Waals surface area contributed by atoms with Gasteiger partial charge in [0.2, 0.25) is 10.0 Å². The van der Waals surface area contributed by atoms with Crippen molar-refractivity contribution in [3.63, 3.8) is 0 Å². The van der Waals surface area contributed by atoms with Gasteiger partial charge in [0, 0.05) is 6.54 Å². The maximum Gasteiger partial charge on any atom is 0.324 e. The van der Waals surface area contributed by atoms with E-state index in [0.717, 1.165) is 17.5 Å². The van der Waals surface area contributed by atoms with Gasteiger partial charge in [0.05, 0.1) is 4.90 Å². The first-order valence-corrected chi connectivity index (χ1v) is 13.3. The molecule has 0 bridgehead atoms. The zero-order chi connectivity index (χ0) is 25.0. The number of ether oxygens (including phenoxy) is 2. The highest BCUT2D eigenvalue weighted by atomic mass is 32.2. The highest BCUT2D eigenvalue weighted by Gasteiger charge is 2.39. The van der Waals surface area contributed by atoms with Gasteiger partial charge in [-0.05, 0) is 81.0 Å². The first-order chi connectivity index (χ1) is 16.8. The van der Waals surface area contributed by atoms with Crippen LogP contribution in [0.5, 0.6) is 11.5 Å². The van der Waals surface area contributed by atoms with Crippen LogP contribution in [0.4, 0.5) is 0 Å². The van der Waals surface area contributed by atoms with Crippen molar-refractivity contribution in [1.82, 2.24) is 4.31 Å². The molecule has 1 aliphatic heterocycles. The molecule has 3 aromatic carbocycles. The molecule has 35 heavy (non-hydrogen) atoms. The molecule has 1 heterocycles. The van der Waals surface area contributed by atoms with Crippen LogP contribution in [-0.4, -0.2) is 31.3 Å². The van der Waals surface area contributed by atoms with E-state index in [1.54, 1.807) is 13.8 Å². The highest BCUT2D eigenvalue weighted by molar-refractivity contribution is 7.89. The Morgan fingerprint density at radius 1 is 0.914 bits per heavy atom. The van der Waals surface area contributed by atoms with Crippen molar-refractivity contribution >= 4 is 16.0 Å². The fourth-order valence-electron chi connectivity index (χ4n) is 4.69. The van der Waals surface area contributed by atoms with Gasteiger partial charge >= 0.3 is 5.97 Å². The molecular weight excluding hydrogens is 462 g/mol. The van der Waals surface area contributed by atoms with E-state index in [2.05, 4.69) is 0 Å². The van der Waals surface area contributed by atoms with Gasteiger partial charge in [0.25, 0.3) is 0 Å². The molecule has 0 amide bonds. The Balaban J connectivity index is 1.48. The quantitative estimate of drug-likeness (QED) is 0.395. The largest absolute Gasteiger partial charge is 0.460 e. The van der Waals surface area contributed by atoms with Crippen LogP contribution in [-0.2, 0) is 26.2 Å². The fourth-order valence-corrected chi connectivity index (χ4v) is 6.76. The van der Waals surface area contributed by atoms with Crippen molar-refractivity contribution in [3.05, 3.63) is 89.0 Å². The normalized spacial score (nSPS) is 16.6. The van der Waals surface area contributed by atoms with Crippen LogP contribution >= 0.6 is 0 Å². The SMILES string of the molecule is Cc1cc(C)c(S(=O)(=O)N2CCCCC2C(=O)OCc2cccc(Oc3ccccc3)c2)c(C)c1. The van der Waals surface area contributed by atoms with Crippen molar-refractivity contribution in [3.8, 4) is 11.5 Å². The van der Waals surface area contributed by atoms with E-state index in [0.29, 0.717) is 42.0 Å². The molecule has 1 saturated heterocycles. The lowest BCUT2D eigenvalue weighted by Crippen LogP contribution is -2.48. The van der Waals surface area contributed by atoms with Crippen molar-refractivity contribution < 1.29 is 22.7 Å². The van der Waals surface area contributed by atoms with Crippen molar-refractivity contribution in [2.24, 2.45) is 0 Å². The van der Waals surface area contributed by atoms with Gasteiger partial charge in [0.1, 0.15) is 24.1 Å². The third-order valence-corrected chi connectivity index (χ3v) is 8.37. The maximum atomic E-state index is 13.6. The Morgan fingerprint density at radius 3 is 2.31 bits per heavy atom. The third-order valence-electron chi connectivity index (χ3n) is 6.16. The summed E-state index contributed by atoms with van der Waals surface area (Å²) in [6, 6.07) is 19.6. The van der Waals surface area contributed by atoms with Gasteiger partial charge in [-0.2, -0.15) is 4.31 Å². The zero-order valence-corrected chi connectivity index (χ0v) is 21.2. The monoisotopic (exact) mass is 493 g/mol. The molecule has 0 spiro atoms. The number of hydrogen-bond acceptors (Lipinski definition) is 5. The number of nitrogens with zero attached hydrogens (tertiary/aromatic N) is 1. The van der Waals surface area contributed by atoms with Gasteiger partial charge in [-0.25, -0.2) is 8.42 Å². The van der Waals surface area contributed by atoms with Crippen LogP contribution < -0.4 is 4.74 Å². The molecule has 1 aliphatic rings. The summed E-state index contributed by atoms with van der Waals surface area (Å²) in [5.74, 6) is 0.827. The second-order valence-corrected chi connectivity index (χ2v) is 10.9. The zero-order valence-electron chi connectivity index (χ0n) is 20.4. The molecule has 7 heteroatoms. The topological polar surface area (TPSA) is 72.9 Å². The molecule has 0 aromatic heterocycles. The lowest BCUT2D eigenvalue weighted by atomic mass is 10.1. The molecule has 0 radical (unpaired) electrons. The lowest BCUT2D eigenvalue weighted by Gasteiger charge is -2.33. The second kappa shape index (κ2) is 10.6. The summed E-state index contributed by atoms with van der Waals surface area (Å²) < 4.78 is 40.1. The number of esters is 1. The summed E-state index contributed by atoms with van der Waals surface area (Å²) >= 11 is 0. The Bertz CT molecular complexity index is 1280. The van der Waals surface area contributed by atoms with Gasteiger partial charge in [0.15, 0.2) is 0 Å². The average molecular weight is 494 g/mol. The summed E-state index contributed by atoms with van der Waals surface area (Å²) in [5.41, 5.74) is 3.15. The van der Waals surface area contributed by atoms with Gasteiger partial charge < -0.3 is 9.47 Å². The van der Waals surface area contributed by atoms with E-state index in [1.807, 2.05) is 73.7 Å². The summed E-state index contributed by atoms with van der Waals surface area (Å²) in [6.45, 7) is 5.88. The smallest absolute Gasteiger partial charge is 0.324 e. The molecule has 6 nitrogen and oxygen atoms in total. The summed E-state index contributed by atoms with van der Waals surface area (Å²) in [4.78, 5) is 13.4. The van der Waals surface area contributed by atoms with E-state index in [-0.39, 0.29) is 11.5 Å². The Morgan fingerprint density at radius 2 is 1.60 bits per heavy atom. The molecule has 0 saturated carbocycles. The number of carbonyl (C=O) groups is 1. The van der Waals surface area contributed by atoms with E-state index < -0.39 is 22.0 Å². The number of piperidine rings is 1. The van der Waals surface area contributed by atoms with Crippen LogP contribution in [0.2, 0.25) is 0 Å². The molecule has 0 N–H and O–H groups in total. The Labute approximate surface area is 207 Å². The minimum absolute atomic E-state index is 0.0395. The summed E-state index contributed by atoms with van der Waals surface area (Å²) in [7, 11) is -3.85. The predicted molar refractivity (Wildman–Crippen MR) is 135 cm³/mol. The first-order valence-electron chi connectivity index (χ1n) is 11.8. The molecule has 1 fully saturated rings. The Kier molecular flexibility index (Phi) is 7.57. The van der Waals surface area contributed by atoms with Crippen molar-refractivity contribution in [2.75, 3.05) is 6.54 Å². The Hall–Kier alpha value is -3.16. The first kappa shape index (κ1) is 24.9. The van der Waals surface area contributed by atoms with Crippen LogP contribution in [0, 0.1) is 20.8 Å². The molecular formula is C28H31NO5S. The van der Waals surface area contributed by atoms with Gasteiger partial charge in [-0.1, -0.05) is 48.0 Å². The van der Waals surface area contributed by atoms with E-state index in [1.165, 1.54) is 4.31 Å². The molecule has 1 atom stereocenters. The van der Waals surface area contributed by atoms with Gasteiger partial charge in [-0.15, -0.1) is 0 Å². The molecule has 184 valence electrons. The van der Waals surface area contributed by atoms with Crippen LogP contribution in [0.25, 0.3) is 0 Å². The number of aryl methyl sites for hydroxylation is 3. The maximum absolute atomic E-state index is 13.6. The van der Waals surface area contributed by atoms with Crippen LogP contribution in [0.3, 0.4) is 0 Å². The molecule has 4 rings (SSSR count). The second-order valence-electron chi connectivity index (χ2n) is 9.03. The van der Waals surface area contributed by atoms with E-state index in [9.17, 15) is 13.2 Å². The number of carbonyl (C=O) groups excluding carboxylic acids is 1. The number of para-hydroxylation sites is 1. The van der Waals surface area contributed by atoms with Gasteiger partial charge in [-0.3, -0.25) is 4.79 Å². The third kappa shape index (κ3) is 5.74. The predicted octanol–water partition coefficient (Wildman–Crippen LogP) is 5.69. The van der Waals surface area contributed by atoms with Crippen LogP contribution in [0.15, 0.2) is 71.6 Å². The number of hydrogen-bond donors (Lipinski definition) is 0. The molecule has 0 aliphatic carbocycles. The van der Waals surface area contributed by atoms with Crippen molar-refractivity contribution in [1.29, 1.82) is 0 Å². The summed E-state index contributed by atoms with van der Waals surface area (Å²) in [5, 5.41) is 0. The fraction of sp³-hybridized carbons (Fsp3) is 0.321. The number of benzene rings is 3. The minimum Gasteiger partial charge on any atom is -0.460 e. The lowest BCUT2D eigenvalue weighted by molar-refractivity contribution is -0.150. The van der Waals surface area contributed by atoms with Crippen LogP contribution in [0.1, 0.15) is 41.5 Å².